The Morgan fingerprint density at radius 2 is 1.50 bits per heavy atom. The summed E-state index contributed by atoms with van der Waals surface area (Å²) in [5.74, 6) is 0.918. The molecule has 2 aromatic rings. The van der Waals surface area contributed by atoms with Gasteiger partial charge in [-0.15, -0.1) is 0 Å². The van der Waals surface area contributed by atoms with Gasteiger partial charge in [-0.1, -0.05) is 55.8 Å². The van der Waals surface area contributed by atoms with Crippen molar-refractivity contribution in [3.63, 3.8) is 0 Å². The largest absolute Gasteiger partial charge is 0.489 e. The number of hydrogen-bond donors (Lipinski definition) is 1. The highest BCUT2D eigenvalue weighted by atomic mass is 16.5. The third kappa shape index (κ3) is 4.71. The van der Waals surface area contributed by atoms with E-state index in [0.717, 1.165) is 12.3 Å². The molecule has 0 atom stereocenters. The lowest BCUT2D eigenvalue weighted by Gasteiger charge is -2.09. The Bertz CT molecular complexity index is 514. The van der Waals surface area contributed by atoms with E-state index in [4.69, 9.17) is 4.74 Å². The molecule has 1 N–H and O–H groups in total. The van der Waals surface area contributed by atoms with Gasteiger partial charge in [0.2, 0.25) is 0 Å². The molecule has 106 valence electrons. The standard InChI is InChI=1S/C18H23NO/c1-14(2)19-12-16-6-8-17(9-7-16)13-20-18-10-4-15(3)5-11-18/h4-11,14,19H,12-13H2,1-3H3. The maximum atomic E-state index is 5.77. The van der Waals surface area contributed by atoms with Gasteiger partial charge in [0.05, 0.1) is 0 Å². The Morgan fingerprint density at radius 3 is 2.10 bits per heavy atom. The monoisotopic (exact) mass is 269 g/mol. The van der Waals surface area contributed by atoms with Crippen LogP contribution < -0.4 is 10.1 Å². The molecule has 0 spiro atoms. The fourth-order valence-electron chi connectivity index (χ4n) is 1.88. The van der Waals surface area contributed by atoms with E-state index in [0.29, 0.717) is 12.6 Å². The molecule has 20 heavy (non-hydrogen) atoms. The van der Waals surface area contributed by atoms with Crippen LogP contribution in [-0.4, -0.2) is 6.04 Å². The van der Waals surface area contributed by atoms with Crippen molar-refractivity contribution < 1.29 is 4.74 Å². The predicted octanol–water partition coefficient (Wildman–Crippen LogP) is 4.07. The molecular weight excluding hydrogens is 246 g/mol. The van der Waals surface area contributed by atoms with Gasteiger partial charge in [-0.25, -0.2) is 0 Å². The number of rotatable bonds is 6. The Morgan fingerprint density at radius 1 is 0.900 bits per heavy atom. The molecule has 0 bridgehead atoms. The topological polar surface area (TPSA) is 21.3 Å². The highest BCUT2D eigenvalue weighted by Gasteiger charge is 1.98. The SMILES string of the molecule is Cc1ccc(OCc2ccc(CNC(C)C)cc2)cc1. The molecule has 2 nitrogen and oxygen atoms in total. The van der Waals surface area contributed by atoms with Crippen LogP contribution >= 0.6 is 0 Å². The smallest absolute Gasteiger partial charge is 0.119 e. The van der Waals surface area contributed by atoms with E-state index >= 15 is 0 Å². The van der Waals surface area contributed by atoms with Crippen molar-refractivity contribution in [1.29, 1.82) is 0 Å². The summed E-state index contributed by atoms with van der Waals surface area (Å²) in [5, 5.41) is 3.41. The molecule has 0 saturated heterocycles. The molecule has 0 aromatic heterocycles. The number of hydrogen-bond acceptors (Lipinski definition) is 2. The molecule has 2 aromatic carbocycles. The maximum Gasteiger partial charge on any atom is 0.119 e. The summed E-state index contributed by atoms with van der Waals surface area (Å²) < 4.78 is 5.77. The van der Waals surface area contributed by atoms with Gasteiger partial charge in [-0.3, -0.25) is 0 Å². The van der Waals surface area contributed by atoms with Gasteiger partial charge in [-0.2, -0.15) is 0 Å². The lowest BCUT2D eigenvalue weighted by atomic mass is 10.1. The second kappa shape index (κ2) is 7.11. The van der Waals surface area contributed by atoms with Crippen molar-refractivity contribution in [2.75, 3.05) is 0 Å². The van der Waals surface area contributed by atoms with Crippen LogP contribution in [0.15, 0.2) is 48.5 Å². The molecular formula is C18H23NO. The highest BCUT2D eigenvalue weighted by molar-refractivity contribution is 5.27. The first-order valence-electron chi connectivity index (χ1n) is 7.14. The van der Waals surface area contributed by atoms with Crippen LogP contribution in [0.5, 0.6) is 5.75 Å². The molecule has 0 heterocycles. The van der Waals surface area contributed by atoms with Gasteiger partial charge in [0.25, 0.3) is 0 Å². The van der Waals surface area contributed by atoms with E-state index in [-0.39, 0.29) is 0 Å². The van der Waals surface area contributed by atoms with Crippen molar-refractivity contribution in [3.8, 4) is 5.75 Å². The first-order chi connectivity index (χ1) is 9.63. The van der Waals surface area contributed by atoms with Crippen LogP contribution in [0, 0.1) is 6.92 Å². The lowest BCUT2D eigenvalue weighted by molar-refractivity contribution is 0.306. The van der Waals surface area contributed by atoms with E-state index in [9.17, 15) is 0 Å². The molecule has 0 aliphatic heterocycles. The summed E-state index contributed by atoms with van der Waals surface area (Å²) in [5.41, 5.74) is 3.75. The summed E-state index contributed by atoms with van der Waals surface area (Å²) in [6.07, 6.45) is 0. The fourth-order valence-corrected chi connectivity index (χ4v) is 1.88. The minimum Gasteiger partial charge on any atom is -0.489 e. The maximum absolute atomic E-state index is 5.77. The number of benzene rings is 2. The Balaban J connectivity index is 1.85. The summed E-state index contributed by atoms with van der Waals surface area (Å²) in [4.78, 5) is 0. The van der Waals surface area contributed by atoms with Crippen LogP contribution in [0.25, 0.3) is 0 Å². The Hall–Kier alpha value is -1.80. The van der Waals surface area contributed by atoms with Crippen molar-refractivity contribution in [2.45, 2.75) is 40.0 Å². The van der Waals surface area contributed by atoms with Crippen molar-refractivity contribution in [1.82, 2.24) is 5.32 Å². The van der Waals surface area contributed by atoms with Gasteiger partial charge in [0.1, 0.15) is 12.4 Å². The molecule has 2 heteroatoms. The van der Waals surface area contributed by atoms with Crippen LogP contribution in [-0.2, 0) is 13.2 Å². The number of nitrogens with one attached hydrogen (secondary N) is 1. The van der Waals surface area contributed by atoms with Gasteiger partial charge in [0, 0.05) is 12.6 Å². The normalized spacial score (nSPS) is 10.8. The lowest BCUT2D eigenvalue weighted by Crippen LogP contribution is -2.21. The van der Waals surface area contributed by atoms with Crippen LogP contribution in [0.1, 0.15) is 30.5 Å². The molecule has 0 radical (unpaired) electrons. The van der Waals surface area contributed by atoms with E-state index < -0.39 is 0 Å². The number of ether oxygens (including phenoxy) is 1. The first kappa shape index (κ1) is 14.6. The molecule has 0 unspecified atom stereocenters. The van der Waals surface area contributed by atoms with Gasteiger partial charge in [0.15, 0.2) is 0 Å². The van der Waals surface area contributed by atoms with Crippen molar-refractivity contribution >= 4 is 0 Å². The third-order valence-electron chi connectivity index (χ3n) is 3.16. The predicted molar refractivity (Wildman–Crippen MR) is 83.9 cm³/mol. The Labute approximate surface area is 121 Å². The van der Waals surface area contributed by atoms with E-state index in [1.54, 1.807) is 0 Å². The summed E-state index contributed by atoms with van der Waals surface area (Å²) in [7, 11) is 0. The summed E-state index contributed by atoms with van der Waals surface area (Å²) in [6.45, 7) is 7.92. The first-order valence-corrected chi connectivity index (χ1v) is 7.14. The quantitative estimate of drug-likeness (QED) is 0.853. The van der Waals surface area contributed by atoms with Gasteiger partial charge < -0.3 is 10.1 Å². The summed E-state index contributed by atoms with van der Waals surface area (Å²) in [6, 6.07) is 17.2. The second-order valence-corrected chi connectivity index (χ2v) is 5.45. The molecule has 0 fully saturated rings. The number of aryl methyl sites for hydroxylation is 1. The molecule has 0 aliphatic rings. The highest BCUT2D eigenvalue weighted by Crippen LogP contribution is 2.14. The van der Waals surface area contributed by atoms with Crippen LogP contribution in [0.4, 0.5) is 0 Å². The van der Waals surface area contributed by atoms with E-state index in [1.165, 1.54) is 16.7 Å². The van der Waals surface area contributed by atoms with Crippen LogP contribution in [0.2, 0.25) is 0 Å². The third-order valence-corrected chi connectivity index (χ3v) is 3.16. The zero-order valence-corrected chi connectivity index (χ0v) is 12.5. The van der Waals surface area contributed by atoms with Crippen molar-refractivity contribution in [2.24, 2.45) is 0 Å². The molecule has 2 rings (SSSR count). The average molecular weight is 269 g/mol. The minimum atomic E-state index is 0.513. The molecule has 0 aliphatic carbocycles. The van der Waals surface area contributed by atoms with E-state index in [1.807, 2.05) is 12.1 Å². The van der Waals surface area contributed by atoms with Crippen LogP contribution in [0.3, 0.4) is 0 Å². The minimum absolute atomic E-state index is 0.513. The van der Waals surface area contributed by atoms with Gasteiger partial charge in [-0.05, 0) is 30.2 Å². The van der Waals surface area contributed by atoms with E-state index in [2.05, 4.69) is 62.5 Å². The molecule has 0 saturated carbocycles. The van der Waals surface area contributed by atoms with Gasteiger partial charge >= 0.3 is 0 Å². The average Bonchev–Trinajstić information content (AvgIpc) is 2.45. The summed E-state index contributed by atoms with van der Waals surface area (Å²) >= 11 is 0. The fraction of sp³-hybridized carbons (Fsp3) is 0.333. The van der Waals surface area contributed by atoms with Crippen molar-refractivity contribution in [3.05, 3.63) is 65.2 Å². The zero-order valence-electron chi connectivity index (χ0n) is 12.5. The zero-order chi connectivity index (χ0) is 14.4. The molecule has 0 amide bonds. The second-order valence-electron chi connectivity index (χ2n) is 5.45. The Kier molecular flexibility index (Phi) is 5.19.